The van der Waals surface area contributed by atoms with Crippen molar-refractivity contribution in [2.45, 2.75) is 30.8 Å². The maximum atomic E-state index is 13.2. The Morgan fingerprint density at radius 2 is 1.54 bits per heavy atom. The van der Waals surface area contributed by atoms with Crippen LogP contribution in [0.15, 0.2) is 48.5 Å². The first kappa shape index (κ1) is 19.1. The molecule has 0 spiro atoms. The molecule has 172 valence electrons. The summed E-state index contributed by atoms with van der Waals surface area (Å²) in [4.78, 5) is 39.3. The molecule has 3 atom stereocenters. The molecule has 8 rings (SSSR count). The van der Waals surface area contributed by atoms with E-state index in [1.807, 2.05) is 57.7 Å². The highest BCUT2D eigenvalue weighted by Crippen LogP contribution is 2.56. The number of imide groups is 1. The van der Waals surface area contributed by atoms with E-state index in [1.165, 1.54) is 0 Å². The molecule has 9 heteroatoms. The van der Waals surface area contributed by atoms with Gasteiger partial charge in [-0.15, -0.1) is 0 Å². The van der Waals surface area contributed by atoms with Gasteiger partial charge in [-0.3, -0.25) is 19.7 Å². The summed E-state index contributed by atoms with van der Waals surface area (Å²) in [5.41, 5.74) is 13.6. The number of carbonyl (C=O) groups is 3. The van der Waals surface area contributed by atoms with E-state index in [2.05, 4.69) is 5.32 Å². The Labute approximate surface area is 197 Å². The first-order valence-corrected chi connectivity index (χ1v) is 11.4. The Bertz CT molecular complexity index is 1900. The van der Waals surface area contributed by atoms with E-state index in [0.29, 0.717) is 27.4 Å². The third-order valence-electron chi connectivity index (χ3n) is 8.29. The van der Waals surface area contributed by atoms with Crippen LogP contribution in [-0.2, 0) is 15.3 Å². The van der Waals surface area contributed by atoms with Gasteiger partial charge in [-0.05, 0) is 19.1 Å². The number of primary amides is 1. The van der Waals surface area contributed by atoms with Crippen molar-refractivity contribution in [1.82, 2.24) is 14.5 Å². The van der Waals surface area contributed by atoms with Gasteiger partial charge in [-0.2, -0.15) is 0 Å². The third-order valence-corrected chi connectivity index (χ3v) is 8.29. The molecule has 2 bridgehead atoms. The summed E-state index contributed by atoms with van der Waals surface area (Å²) in [5.74, 6) is -1.53. The van der Waals surface area contributed by atoms with Gasteiger partial charge < -0.3 is 25.3 Å². The zero-order chi connectivity index (χ0) is 24.0. The number of nitrogens with one attached hydrogen (secondary N) is 1. The van der Waals surface area contributed by atoms with Crippen LogP contribution >= 0.6 is 0 Å². The number of fused-ring (bicyclic) bond motifs is 13. The lowest BCUT2D eigenvalue weighted by Gasteiger charge is -2.38. The molecule has 5 N–H and O–H groups in total. The van der Waals surface area contributed by atoms with Crippen molar-refractivity contribution in [3.63, 3.8) is 0 Å². The third kappa shape index (κ3) is 1.81. The lowest BCUT2D eigenvalue weighted by Crippen LogP contribution is -2.64. The molecule has 0 unspecified atom stereocenters. The van der Waals surface area contributed by atoms with Crippen LogP contribution in [0.5, 0.6) is 0 Å². The monoisotopic (exact) mass is 465 g/mol. The molecule has 0 aliphatic carbocycles. The van der Waals surface area contributed by atoms with Gasteiger partial charge in [0.15, 0.2) is 5.72 Å². The summed E-state index contributed by atoms with van der Waals surface area (Å²) in [6, 6.07) is 15.3. The minimum absolute atomic E-state index is 0.155. The molecule has 5 heterocycles. The van der Waals surface area contributed by atoms with Crippen molar-refractivity contribution in [3.8, 4) is 0 Å². The molecule has 3 aliphatic heterocycles. The SMILES string of the molecule is C[C@]12O[C@H](C[C@]1(N)C(N)=O)n1c3ccccc3c3c4c(c5c6ccccc6n2c5c31)C(=O)NC4=O. The van der Waals surface area contributed by atoms with Gasteiger partial charge in [0.2, 0.25) is 5.91 Å². The number of nitrogens with two attached hydrogens (primary N) is 2. The number of hydrogen-bond acceptors (Lipinski definition) is 5. The summed E-state index contributed by atoms with van der Waals surface area (Å²) in [6.45, 7) is 1.78. The predicted octanol–water partition coefficient (Wildman–Crippen LogP) is 2.57. The van der Waals surface area contributed by atoms with Crippen LogP contribution in [0.3, 0.4) is 0 Å². The average molecular weight is 465 g/mol. The summed E-state index contributed by atoms with van der Waals surface area (Å²) in [6.07, 6.45) is -0.456. The van der Waals surface area contributed by atoms with Crippen molar-refractivity contribution in [2.24, 2.45) is 11.5 Å². The van der Waals surface area contributed by atoms with Gasteiger partial charge >= 0.3 is 0 Å². The quantitative estimate of drug-likeness (QED) is 0.327. The Morgan fingerprint density at radius 3 is 2.20 bits per heavy atom. The Balaban J connectivity index is 1.78. The maximum Gasteiger partial charge on any atom is 0.259 e. The molecule has 0 saturated carbocycles. The van der Waals surface area contributed by atoms with E-state index in [4.69, 9.17) is 16.2 Å². The zero-order valence-electron chi connectivity index (χ0n) is 18.6. The Hall–Kier alpha value is -4.21. The van der Waals surface area contributed by atoms with E-state index < -0.39 is 35.2 Å². The summed E-state index contributed by atoms with van der Waals surface area (Å²) in [5, 5.41) is 5.43. The van der Waals surface area contributed by atoms with Gasteiger partial charge in [-0.25, -0.2) is 0 Å². The van der Waals surface area contributed by atoms with Crippen LogP contribution in [0.4, 0.5) is 0 Å². The van der Waals surface area contributed by atoms with Gasteiger partial charge in [0.1, 0.15) is 11.8 Å². The largest absolute Gasteiger partial charge is 0.368 e. The number of amides is 3. The maximum absolute atomic E-state index is 13.2. The first-order valence-electron chi connectivity index (χ1n) is 11.4. The van der Waals surface area contributed by atoms with E-state index in [-0.39, 0.29) is 6.42 Å². The van der Waals surface area contributed by atoms with E-state index in [9.17, 15) is 14.4 Å². The van der Waals surface area contributed by atoms with Crippen LogP contribution in [0.2, 0.25) is 0 Å². The van der Waals surface area contributed by atoms with E-state index in [0.717, 1.165) is 27.3 Å². The van der Waals surface area contributed by atoms with Crippen molar-refractivity contribution >= 4 is 61.3 Å². The molecule has 2 aromatic heterocycles. The van der Waals surface area contributed by atoms with E-state index in [1.54, 1.807) is 6.92 Å². The second-order valence-electron chi connectivity index (χ2n) is 9.82. The lowest BCUT2D eigenvalue weighted by atomic mass is 9.85. The second kappa shape index (κ2) is 5.54. The molecular weight excluding hydrogens is 446 g/mol. The molecule has 3 aromatic carbocycles. The molecule has 35 heavy (non-hydrogen) atoms. The molecule has 0 radical (unpaired) electrons. The van der Waals surface area contributed by atoms with Gasteiger partial charge in [0.05, 0.1) is 33.2 Å². The number of hydrogen-bond donors (Lipinski definition) is 3. The van der Waals surface area contributed by atoms with Crippen molar-refractivity contribution in [2.75, 3.05) is 0 Å². The normalized spacial score (nSPS) is 26.9. The van der Waals surface area contributed by atoms with E-state index >= 15 is 0 Å². The molecule has 9 nitrogen and oxygen atoms in total. The second-order valence-corrected chi connectivity index (χ2v) is 9.82. The summed E-state index contributed by atoms with van der Waals surface area (Å²) < 4.78 is 10.6. The number of nitrogens with zero attached hydrogens (tertiary/aromatic N) is 2. The van der Waals surface area contributed by atoms with Crippen molar-refractivity contribution < 1.29 is 19.1 Å². The highest BCUT2D eigenvalue weighted by molar-refractivity contribution is 6.39. The van der Waals surface area contributed by atoms with Crippen molar-refractivity contribution in [1.29, 1.82) is 0 Å². The first-order chi connectivity index (χ1) is 16.8. The predicted molar refractivity (Wildman–Crippen MR) is 129 cm³/mol. The van der Waals surface area contributed by atoms with Crippen LogP contribution in [-0.4, -0.2) is 32.4 Å². The topological polar surface area (TPSA) is 134 Å². The Kier molecular flexibility index (Phi) is 3.03. The summed E-state index contributed by atoms with van der Waals surface area (Å²) in [7, 11) is 0. The minimum atomic E-state index is -1.53. The van der Waals surface area contributed by atoms with Crippen LogP contribution < -0.4 is 16.8 Å². The van der Waals surface area contributed by atoms with Gasteiger partial charge in [-0.1, -0.05) is 36.4 Å². The van der Waals surface area contributed by atoms with Crippen molar-refractivity contribution in [3.05, 3.63) is 59.7 Å². The molecule has 5 aromatic rings. The number of para-hydroxylation sites is 2. The highest BCUT2D eigenvalue weighted by Gasteiger charge is 2.63. The zero-order valence-corrected chi connectivity index (χ0v) is 18.6. The number of carbonyl (C=O) groups excluding carboxylic acids is 3. The fourth-order valence-electron chi connectivity index (χ4n) is 6.74. The molecule has 1 saturated heterocycles. The molecule has 3 amide bonds. The fraction of sp³-hybridized carbons (Fsp3) is 0.192. The van der Waals surface area contributed by atoms with Gasteiger partial charge in [0, 0.05) is 28.0 Å². The molecule has 1 fully saturated rings. The lowest BCUT2D eigenvalue weighted by molar-refractivity contribution is -0.145. The average Bonchev–Trinajstić information content (AvgIpc) is 3.49. The molecular formula is C26H19N5O4. The molecule has 3 aliphatic rings. The minimum Gasteiger partial charge on any atom is -0.368 e. The standard InChI is InChI=1S/C26H19N5O4/c1-25-26(28,24(27)34)10-15(35-25)30-13-8-4-2-6-11(13)16-18-19(23(33)29-22(18)32)17-12-7-3-5-9-14(12)31(25)21(17)20(16)30/h2-9,15H,10,28H2,1H3,(H2,27,34)(H,29,32,33)/t15-,25+,26+/m1/s1. The fourth-order valence-corrected chi connectivity index (χ4v) is 6.74. The summed E-state index contributed by atoms with van der Waals surface area (Å²) >= 11 is 0. The van der Waals surface area contributed by atoms with Crippen LogP contribution in [0.25, 0.3) is 43.6 Å². The van der Waals surface area contributed by atoms with Crippen LogP contribution in [0.1, 0.15) is 40.3 Å². The highest BCUT2D eigenvalue weighted by atomic mass is 16.5. The smallest absolute Gasteiger partial charge is 0.259 e. The van der Waals surface area contributed by atoms with Crippen LogP contribution in [0, 0.1) is 0 Å². The number of aromatic nitrogens is 2. The number of ether oxygens (including phenoxy) is 1. The number of benzene rings is 3. The Morgan fingerprint density at radius 1 is 0.971 bits per heavy atom. The van der Waals surface area contributed by atoms with Gasteiger partial charge in [0.25, 0.3) is 11.8 Å². The number of rotatable bonds is 1.